The highest BCUT2D eigenvalue weighted by atomic mass is 16.1. The molecule has 0 spiro atoms. The third kappa shape index (κ3) is 4.55. The van der Waals surface area contributed by atoms with E-state index in [1.807, 2.05) is 17.7 Å². The topological polar surface area (TPSA) is 115 Å². The number of unbranched alkanes of at least 4 members (excludes halogenated alkanes) is 1. The van der Waals surface area contributed by atoms with Gasteiger partial charge in [-0.3, -0.25) is 9.78 Å². The lowest BCUT2D eigenvalue weighted by Gasteiger charge is -2.09. The summed E-state index contributed by atoms with van der Waals surface area (Å²) in [6.07, 6.45) is 6.76. The largest absolute Gasteiger partial charge is 0.291 e. The van der Waals surface area contributed by atoms with E-state index in [4.69, 9.17) is 0 Å². The summed E-state index contributed by atoms with van der Waals surface area (Å²) in [7, 11) is 0. The highest BCUT2D eigenvalue weighted by molar-refractivity contribution is 5.92. The summed E-state index contributed by atoms with van der Waals surface area (Å²) >= 11 is 0. The van der Waals surface area contributed by atoms with Crippen molar-refractivity contribution in [2.45, 2.75) is 46.1 Å². The predicted octanol–water partition coefficient (Wildman–Crippen LogP) is 3.50. The summed E-state index contributed by atoms with van der Waals surface area (Å²) in [5.41, 5.74) is 3.89. The summed E-state index contributed by atoms with van der Waals surface area (Å²) < 4.78 is 1.85. The van der Waals surface area contributed by atoms with Crippen LogP contribution in [0.1, 0.15) is 55.1 Å². The van der Waals surface area contributed by atoms with Crippen LogP contribution in [0.5, 0.6) is 0 Å². The number of hydrogen-bond acceptors (Lipinski definition) is 7. The predicted molar refractivity (Wildman–Crippen MR) is 115 cm³/mol. The van der Waals surface area contributed by atoms with E-state index in [0.29, 0.717) is 24.6 Å². The molecular weight excluding hydrogens is 392 g/mol. The van der Waals surface area contributed by atoms with E-state index < -0.39 is 0 Å². The maximum Gasteiger partial charge on any atom is 0.217 e. The number of tetrazole rings is 1. The monoisotopic (exact) mass is 416 g/mol. The fraction of sp³-hybridized carbons (Fsp3) is 0.318. The van der Waals surface area contributed by atoms with Crippen molar-refractivity contribution in [3.63, 3.8) is 0 Å². The SMILES string of the molecule is CCCCc1nc(C(=O)CC)nn1Cc1ccc(-c2ccncc2-c2nn[nH]n2)cc1. The second kappa shape index (κ2) is 9.38. The zero-order chi connectivity index (χ0) is 21.6. The molecule has 1 aromatic carbocycles. The van der Waals surface area contributed by atoms with Gasteiger partial charge in [0, 0.05) is 30.8 Å². The maximum atomic E-state index is 12.1. The molecule has 0 saturated heterocycles. The number of nitrogens with zero attached hydrogens (tertiary/aromatic N) is 7. The number of benzene rings is 1. The Morgan fingerprint density at radius 3 is 2.65 bits per heavy atom. The van der Waals surface area contributed by atoms with Crippen LogP contribution in [-0.2, 0) is 13.0 Å². The molecule has 3 aromatic heterocycles. The van der Waals surface area contributed by atoms with E-state index in [0.717, 1.165) is 47.3 Å². The summed E-state index contributed by atoms with van der Waals surface area (Å²) in [5.74, 6) is 1.64. The van der Waals surface area contributed by atoms with Crippen LogP contribution in [-0.4, -0.2) is 46.2 Å². The summed E-state index contributed by atoms with van der Waals surface area (Å²) in [6.45, 7) is 4.53. The number of H-pyrrole nitrogens is 1. The van der Waals surface area contributed by atoms with Crippen molar-refractivity contribution in [3.05, 3.63) is 59.9 Å². The number of Topliss-reactive ketones (excluding diaryl/α,β-unsaturated/α-hetero) is 1. The lowest BCUT2D eigenvalue weighted by Crippen LogP contribution is -2.08. The quantitative estimate of drug-likeness (QED) is 0.415. The van der Waals surface area contributed by atoms with Gasteiger partial charge in [0.25, 0.3) is 0 Å². The number of aromatic amines is 1. The molecule has 4 rings (SSSR count). The smallest absolute Gasteiger partial charge is 0.217 e. The molecule has 4 aromatic rings. The molecule has 0 unspecified atom stereocenters. The second-order valence-electron chi connectivity index (χ2n) is 7.24. The molecule has 1 N–H and O–H groups in total. The molecule has 0 aliphatic rings. The van der Waals surface area contributed by atoms with Crippen LogP contribution in [0, 0.1) is 0 Å². The normalized spacial score (nSPS) is 11.0. The minimum Gasteiger partial charge on any atom is -0.291 e. The van der Waals surface area contributed by atoms with Crippen molar-refractivity contribution in [1.82, 2.24) is 40.4 Å². The molecular formula is C22H24N8O. The molecule has 0 fully saturated rings. The van der Waals surface area contributed by atoms with E-state index >= 15 is 0 Å². The van der Waals surface area contributed by atoms with E-state index in [1.165, 1.54) is 0 Å². The molecule has 0 amide bonds. The number of aryl methyl sites for hydroxylation is 1. The molecule has 0 bridgehead atoms. The number of pyridine rings is 1. The van der Waals surface area contributed by atoms with Crippen LogP contribution in [0.4, 0.5) is 0 Å². The number of carbonyl (C=O) groups excluding carboxylic acids is 1. The minimum absolute atomic E-state index is 0.0291. The first-order valence-corrected chi connectivity index (χ1v) is 10.4. The fourth-order valence-electron chi connectivity index (χ4n) is 3.36. The highest BCUT2D eigenvalue weighted by Gasteiger charge is 2.15. The number of rotatable bonds is 9. The summed E-state index contributed by atoms with van der Waals surface area (Å²) in [6, 6.07) is 10.2. The first-order valence-electron chi connectivity index (χ1n) is 10.4. The summed E-state index contributed by atoms with van der Waals surface area (Å²) in [5, 5.41) is 18.7. The first kappa shape index (κ1) is 20.5. The van der Waals surface area contributed by atoms with Gasteiger partial charge in [0.1, 0.15) is 5.82 Å². The van der Waals surface area contributed by atoms with Crippen molar-refractivity contribution in [2.24, 2.45) is 0 Å². The molecule has 31 heavy (non-hydrogen) atoms. The number of hydrogen-bond donors (Lipinski definition) is 1. The molecule has 158 valence electrons. The standard InChI is InChI=1S/C22H24N8O/c1-3-5-6-20-24-22(19(31)4-2)27-30(20)14-15-7-9-16(10-8-15)17-11-12-23-13-18(17)21-25-28-29-26-21/h7-13H,3-6,14H2,1-2H3,(H,25,26,28,29). The summed E-state index contributed by atoms with van der Waals surface area (Å²) in [4.78, 5) is 20.8. The van der Waals surface area contributed by atoms with Gasteiger partial charge in [-0.05, 0) is 34.4 Å². The van der Waals surface area contributed by atoms with Gasteiger partial charge in [-0.15, -0.1) is 15.3 Å². The molecule has 0 aliphatic carbocycles. The maximum absolute atomic E-state index is 12.1. The molecule has 0 saturated carbocycles. The number of aromatic nitrogens is 8. The van der Waals surface area contributed by atoms with Gasteiger partial charge < -0.3 is 0 Å². The number of ketones is 1. The molecule has 9 nitrogen and oxygen atoms in total. The second-order valence-corrected chi connectivity index (χ2v) is 7.24. The van der Waals surface area contributed by atoms with Gasteiger partial charge in [-0.1, -0.05) is 44.5 Å². The Labute approximate surface area is 180 Å². The van der Waals surface area contributed by atoms with Gasteiger partial charge in [0.2, 0.25) is 17.4 Å². The zero-order valence-corrected chi connectivity index (χ0v) is 17.6. The van der Waals surface area contributed by atoms with Gasteiger partial charge >= 0.3 is 0 Å². The van der Waals surface area contributed by atoms with Crippen molar-refractivity contribution < 1.29 is 4.79 Å². The van der Waals surface area contributed by atoms with Crippen LogP contribution < -0.4 is 0 Å². The lowest BCUT2D eigenvalue weighted by atomic mass is 10.00. The lowest BCUT2D eigenvalue weighted by molar-refractivity contribution is 0.0978. The van der Waals surface area contributed by atoms with E-state index in [-0.39, 0.29) is 5.78 Å². The Bertz CT molecular complexity index is 1150. The van der Waals surface area contributed by atoms with Crippen LogP contribution in [0.25, 0.3) is 22.5 Å². The minimum atomic E-state index is -0.0291. The third-order valence-electron chi connectivity index (χ3n) is 5.08. The van der Waals surface area contributed by atoms with Crippen molar-refractivity contribution in [1.29, 1.82) is 0 Å². The zero-order valence-electron chi connectivity index (χ0n) is 17.6. The first-order chi connectivity index (χ1) is 15.2. The molecule has 0 atom stereocenters. The Hall–Kier alpha value is -3.75. The highest BCUT2D eigenvalue weighted by Crippen LogP contribution is 2.29. The van der Waals surface area contributed by atoms with Crippen molar-refractivity contribution in [3.8, 4) is 22.5 Å². The molecule has 0 aliphatic heterocycles. The van der Waals surface area contributed by atoms with E-state index in [2.05, 4.69) is 66.9 Å². The van der Waals surface area contributed by atoms with Crippen LogP contribution in [0.3, 0.4) is 0 Å². The number of carbonyl (C=O) groups is 1. The van der Waals surface area contributed by atoms with Gasteiger partial charge in [-0.25, -0.2) is 9.67 Å². The molecule has 0 radical (unpaired) electrons. The van der Waals surface area contributed by atoms with Crippen molar-refractivity contribution >= 4 is 5.78 Å². The molecule has 3 heterocycles. The average Bonchev–Trinajstić information content (AvgIpc) is 3.48. The van der Waals surface area contributed by atoms with Gasteiger partial charge in [0.15, 0.2) is 0 Å². The third-order valence-corrected chi connectivity index (χ3v) is 5.08. The van der Waals surface area contributed by atoms with Gasteiger partial charge in [-0.2, -0.15) is 5.21 Å². The Balaban J connectivity index is 1.59. The Morgan fingerprint density at radius 1 is 1.10 bits per heavy atom. The van der Waals surface area contributed by atoms with E-state index in [9.17, 15) is 4.79 Å². The van der Waals surface area contributed by atoms with Crippen LogP contribution in [0.2, 0.25) is 0 Å². The van der Waals surface area contributed by atoms with Crippen LogP contribution in [0.15, 0.2) is 42.7 Å². The van der Waals surface area contributed by atoms with Crippen molar-refractivity contribution in [2.75, 3.05) is 0 Å². The van der Waals surface area contributed by atoms with Gasteiger partial charge in [0.05, 0.1) is 6.54 Å². The number of nitrogens with one attached hydrogen (secondary N) is 1. The molecule has 9 heteroatoms. The van der Waals surface area contributed by atoms with Crippen LogP contribution >= 0.6 is 0 Å². The Kier molecular flexibility index (Phi) is 6.21. The average molecular weight is 416 g/mol. The fourth-order valence-corrected chi connectivity index (χ4v) is 3.36. The van der Waals surface area contributed by atoms with E-state index in [1.54, 1.807) is 12.4 Å². The Morgan fingerprint density at radius 2 is 1.94 bits per heavy atom.